The van der Waals surface area contributed by atoms with Crippen LogP contribution in [0.3, 0.4) is 0 Å². The summed E-state index contributed by atoms with van der Waals surface area (Å²) in [6, 6.07) is 8.04. The Morgan fingerprint density at radius 2 is 1.96 bits per heavy atom. The van der Waals surface area contributed by atoms with Gasteiger partial charge in [0.2, 0.25) is 0 Å². The third kappa shape index (κ3) is 1.76. The SMILES string of the molecule is Cn1ccc2c(N3CC(c4nnc5ccccn45)C3)ncnc21. The van der Waals surface area contributed by atoms with Gasteiger partial charge in [-0.05, 0) is 18.2 Å². The monoisotopic (exact) mass is 305 g/mol. The van der Waals surface area contributed by atoms with Gasteiger partial charge in [0.15, 0.2) is 5.65 Å². The van der Waals surface area contributed by atoms with Crippen LogP contribution >= 0.6 is 0 Å². The van der Waals surface area contributed by atoms with Crippen molar-refractivity contribution in [2.75, 3.05) is 18.0 Å². The molecule has 23 heavy (non-hydrogen) atoms. The zero-order valence-electron chi connectivity index (χ0n) is 12.7. The molecule has 0 N–H and O–H groups in total. The molecule has 1 aliphatic rings. The van der Waals surface area contributed by atoms with E-state index >= 15 is 0 Å². The summed E-state index contributed by atoms with van der Waals surface area (Å²) in [6.45, 7) is 1.80. The standard InChI is InChI=1S/C16H15N7/c1-21-7-5-12-15(21)17-10-18-16(12)22-8-11(9-22)14-20-19-13-4-2-3-6-23(13)14/h2-7,10-11H,8-9H2,1H3. The number of hydrogen-bond donors (Lipinski definition) is 0. The van der Waals surface area contributed by atoms with Gasteiger partial charge in [0.05, 0.1) is 11.3 Å². The van der Waals surface area contributed by atoms with Gasteiger partial charge >= 0.3 is 0 Å². The van der Waals surface area contributed by atoms with Crippen LogP contribution in [0.4, 0.5) is 5.82 Å². The molecule has 7 nitrogen and oxygen atoms in total. The summed E-state index contributed by atoms with van der Waals surface area (Å²) in [6.07, 6.45) is 5.68. The van der Waals surface area contributed by atoms with Crippen LogP contribution in [-0.2, 0) is 7.05 Å². The maximum absolute atomic E-state index is 4.48. The number of pyridine rings is 1. The van der Waals surface area contributed by atoms with Gasteiger partial charge in [0, 0.05) is 32.5 Å². The van der Waals surface area contributed by atoms with E-state index in [1.807, 2.05) is 42.2 Å². The van der Waals surface area contributed by atoms with E-state index in [0.29, 0.717) is 5.92 Å². The summed E-state index contributed by atoms with van der Waals surface area (Å²) < 4.78 is 4.09. The Morgan fingerprint density at radius 3 is 2.87 bits per heavy atom. The molecule has 1 aliphatic heterocycles. The van der Waals surface area contributed by atoms with Crippen molar-refractivity contribution in [2.24, 2.45) is 7.05 Å². The second-order valence-electron chi connectivity index (χ2n) is 5.95. The largest absolute Gasteiger partial charge is 0.354 e. The summed E-state index contributed by atoms with van der Waals surface area (Å²) in [5, 5.41) is 9.70. The third-order valence-electron chi connectivity index (χ3n) is 4.53. The summed E-state index contributed by atoms with van der Waals surface area (Å²) in [5.41, 5.74) is 1.86. The van der Waals surface area contributed by atoms with Crippen molar-refractivity contribution < 1.29 is 0 Å². The van der Waals surface area contributed by atoms with Crippen LogP contribution in [0, 0.1) is 0 Å². The van der Waals surface area contributed by atoms with E-state index in [9.17, 15) is 0 Å². The predicted octanol–water partition coefficient (Wildman–Crippen LogP) is 1.61. The number of aryl methyl sites for hydroxylation is 1. The van der Waals surface area contributed by atoms with E-state index in [1.165, 1.54) is 0 Å². The molecule has 1 fully saturated rings. The van der Waals surface area contributed by atoms with Gasteiger partial charge in [0.25, 0.3) is 0 Å². The highest BCUT2D eigenvalue weighted by atomic mass is 15.3. The maximum atomic E-state index is 4.48. The van der Waals surface area contributed by atoms with E-state index in [0.717, 1.165) is 41.4 Å². The van der Waals surface area contributed by atoms with Crippen molar-refractivity contribution in [2.45, 2.75) is 5.92 Å². The average Bonchev–Trinajstić information content (AvgIpc) is 3.12. The topological polar surface area (TPSA) is 64.1 Å². The molecule has 0 spiro atoms. The van der Waals surface area contributed by atoms with Gasteiger partial charge < -0.3 is 9.47 Å². The number of aromatic nitrogens is 6. The molecule has 5 rings (SSSR count). The van der Waals surface area contributed by atoms with Crippen molar-refractivity contribution in [3.8, 4) is 0 Å². The second-order valence-corrected chi connectivity index (χ2v) is 5.95. The minimum atomic E-state index is 0.376. The van der Waals surface area contributed by atoms with Gasteiger partial charge in [-0.2, -0.15) is 0 Å². The zero-order chi connectivity index (χ0) is 15.4. The number of hydrogen-bond acceptors (Lipinski definition) is 5. The first-order valence-electron chi connectivity index (χ1n) is 7.62. The zero-order valence-corrected chi connectivity index (χ0v) is 12.7. The maximum Gasteiger partial charge on any atom is 0.160 e. The van der Waals surface area contributed by atoms with Crippen molar-refractivity contribution in [1.82, 2.24) is 29.1 Å². The molecule has 0 amide bonds. The fourth-order valence-corrected chi connectivity index (χ4v) is 3.27. The van der Waals surface area contributed by atoms with Crippen LogP contribution < -0.4 is 4.90 Å². The fraction of sp³-hybridized carbons (Fsp3) is 0.250. The highest BCUT2D eigenvalue weighted by Crippen LogP contribution is 2.33. The summed E-state index contributed by atoms with van der Waals surface area (Å²) in [7, 11) is 2.00. The number of nitrogens with zero attached hydrogens (tertiary/aromatic N) is 7. The molecule has 7 heteroatoms. The van der Waals surface area contributed by atoms with Crippen LogP contribution in [0.1, 0.15) is 11.7 Å². The lowest BCUT2D eigenvalue weighted by molar-refractivity contribution is 0.494. The minimum Gasteiger partial charge on any atom is -0.354 e. The number of anilines is 1. The van der Waals surface area contributed by atoms with Crippen molar-refractivity contribution >= 4 is 22.5 Å². The van der Waals surface area contributed by atoms with E-state index in [4.69, 9.17) is 0 Å². The predicted molar refractivity (Wildman–Crippen MR) is 86.5 cm³/mol. The summed E-state index contributed by atoms with van der Waals surface area (Å²) in [4.78, 5) is 11.1. The van der Waals surface area contributed by atoms with Crippen LogP contribution in [-0.4, -0.2) is 42.2 Å². The van der Waals surface area contributed by atoms with E-state index in [1.54, 1.807) is 6.33 Å². The van der Waals surface area contributed by atoms with Gasteiger partial charge in [-0.25, -0.2) is 9.97 Å². The first-order valence-corrected chi connectivity index (χ1v) is 7.62. The lowest BCUT2D eigenvalue weighted by atomic mass is 9.99. The van der Waals surface area contributed by atoms with Gasteiger partial charge in [-0.3, -0.25) is 4.40 Å². The average molecular weight is 305 g/mol. The van der Waals surface area contributed by atoms with Crippen molar-refractivity contribution in [3.05, 3.63) is 48.8 Å². The molecule has 5 heterocycles. The molecular weight excluding hydrogens is 290 g/mol. The lowest BCUT2D eigenvalue weighted by Gasteiger charge is -2.39. The molecule has 0 saturated carbocycles. The third-order valence-corrected chi connectivity index (χ3v) is 4.53. The normalized spacial score (nSPS) is 15.4. The van der Waals surface area contributed by atoms with Crippen molar-refractivity contribution in [1.29, 1.82) is 0 Å². The number of fused-ring (bicyclic) bond motifs is 2. The Balaban J connectivity index is 1.46. The Hall–Kier alpha value is -2.96. The molecule has 0 aromatic carbocycles. The smallest absolute Gasteiger partial charge is 0.160 e. The van der Waals surface area contributed by atoms with Gasteiger partial charge in [-0.15, -0.1) is 10.2 Å². The fourth-order valence-electron chi connectivity index (χ4n) is 3.27. The molecule has 0 unspecified atom stereocenters. The Morgan fingerprint density at radius 1 is 1.04 bits per heavy atom. The summed E-state index contributed by atoms with van der Waals surface area (Å²) >= 11 is 0. The molecule has 0 atom stereocenters. The Kier molecular flexibility index (Phi) is 2.47. The highest BCUT2D eigenvalue weighted by Gasteiger charge is 2.33. The molecule has 0 radical (unpaired) electrons. The van der Waals surface area contributed by atoms with Crippen LogP contribution in [0.15, 0.2) is 43.0 Å². The highest BCUT2D eigenvalue weighted by molar-refractivity contribution is 5.88. The van der Waals surface area contributed by atoms with Gasteiger partial charge in [-0.1, -0.05) is 6.07 Å². The quantitative estimate of drug-likeness (QED) is 0.563. The lowest BCUT2D eigenvalue weighted by Crippen LogP contribution is -2.46. The Bertz CT molecular complexity index is 1010. The van der Waals surface area contributed by atoms with Gasteiger partial charge in [0.1, 0.15) is 23.6 Å². The molecule has 4 aromatic rings. The molecule has 1 saturated heterocycles. The summed E-state index contributed by atoms with van der Waals surface area (Å²) in [5.74, 6) is 2.40. The molecular formula is C16H15N7. The second kappa shape index (κ2) is 4.52. The molecule has 4 aromatic heterocycles. The first kappa shape index (κ1) is 12.6. The van der Waals surface area contributed by atoms with Crippen LogP contribution in [0.5, 0.6) is 0 Å². The molecule has 0 aliphatic carbocycles. The van der Waals surface area contributed by atoms with Crippen LogP contribution in [0.2, 0.25) is 0 Å². The molecule has 114 valence electrons. The van der Waals surface area contributed by atoms with E-state index in [-0.39, 0.29) is 0 Å². The Labute approximate surface area is 132 Å². The van der Waals surface area contributed by atoms with E-state index < -0.39 is 0 Å². The van der Waals surface area contributed by atoms with Crippen molar-refractivity contribution in [3.63, 3.8) is 0 Å². The first-order chi connectivity index (χ1) is 11.3. The molecule has 0 bridgehead atoms. The van der Waals surface area contributed by atoms with E-state index in [2.05, 4.69) is 35.5 Å². The van der Waals surface area contributed by atoms with Crippen LogP contribution in [0.25, 0.3) is 16.7 Å². The minimum absolute atomic E-state index is 0.376. The number of rotatable bonds is 2.